The van der Waals surface area contributed by atoms with Crippen LogP contribution in [0.3, 0.4) is 0 Å². The molecule has 0 bridgehead atoms. The molecule has 7 heteroatoms. The van der Waals surface area contributed by atoms with Crippen molar-refractivity contribution in [3.63, 3.8) is 0 Å². The number of ether oxygens (including phenoxy) is 1. The second-order valence-corrected chi connectivity index (χ2v) is 10.0. The first-order chi connectivity index (χ1) is 18.7. The zero-order valence-corrected chi connectivity index (χ0v) is 22.4. The lowest BCUT2D eigenvalue weighted by atomic mass is 9.97. The molecule has 2 fully saturated rings. The molecule has 0 amide bonds. The van der Waals surface area contributed by atoms with E-state index in [2.05, 4.69) is 68.0 Å². The number of methoxy groups -OCH3 is 1. The van der Waals surface area contributed by atoms with Crippen molar-refractivity contribution < 1.29 is 4.74 Å². The Hall–Kier alpha value is -3.70. The molecule has 0 unspecified atom stereocenters. The highest BCUT2D eigenvalue weighted by Gasteiger charge is 2.18. The number of likely N-dealkylation sites (N-methyl/N-ethyl adjacent to an activating group) is 1. The molecular formula is C31H36N6O. The van der Waals surface area contributed by atoms with E-state index in [1.54, 1.807) is 7.11 Å². The molecule has 38 heavy (non-hydrogen) atoms. The van der Waals surface area contributed by atoms with Gasteiger partial charge in [-0.15, -0.1) is 0 Å². The van der Waals surface area contributed by atoms with Crippen LogP contribution >= 0.6 is 0 Å². The molecule has 2 aromatic carbocycles. The topological polar surface area (TPSA) is 68.8 Å². The van der Waals surface area contributed by atoms with Crippen molar-refractivity contribution in [2.24, 2.45) is 0 Å². The molecule has 2 aliphatic rings. The number of fused-ring (bicyclic) bond motifs is 1. The van der Waals surface area contributed by atoms with Crippen LogP contribution in [0, 0.1) is 11.3 Å². The highest BCUT2D eigenvalue weighted by molar-refractivity contribution is 5.86. The highest BCUT2D eigenvalue weighted by Crippen LogP contribution is 2.37. The summed E-state index contributed by atoms with van der Waals surface area (Å²) >= 11 is 0. The van der Waals surface area contributed by atoms with Crippen molar-refractivity contribution in [3.05, 3.63) is 78.2 Å². The van der Waals surface area contributed by atoms with Gasteiger partial charge in [0, 0.05) is 38.3 Å². The third-order valence-corrected chi connectivity index (χ3v) is 7.39. The summed E-state index contributed by atoms with van der Waals surface area (Å²) in [5.41, 5.74) is 7.11. The number of hydrogen-bond donors (Lipinski definition) is 1. The minimum atomic E-state index is 0.643. The molecule has 0 spiro atoms. The first-order valence-corrected chi connectivity index (χ1v) is 13.4. The smallest absolute Gasteiger partial charge is 0.145 e. The number of benzene rings is 2. The van der Waals surface area contributed by atoms with Crippen molar-refractivity contribution in [3.8, 4) is 34.2 Å². The third kappa shape index (κ3) is 5.89. The van der Waals surface area contributed by atoms with Crippen molar-refractivity contribution in [1.82, 2.24) is 24.5 Å². The molecule has 196 valence electrons. The molecule has 7 nitrogen and oxygen atoms in total. The van der Waals surface area contributed by atoms with E-state index in [0.29, 0.717) is 5.56 Å². The van der Waals surface area contributed by atoms with Crippen LogP contribution in [0.15, 0.2) is 67.1 Å². The van der Waals surface area contributed by atoms with Crippen LogP contribution in [0.4, 0.5) is 0 Å². The SMILES string of the molecule is C1CCNC1.COc1cc(-c2ccc(C#N)cc2)c(-c2ccc(CN3CCN(C)CC3)cc2)n2cncc12. The van der Waals surface area contributed by atoms with Crippen molar-refractivity contribution in [2.75, 3.05) is 53.4 Å². The van der Waals surface area contributed by atoms with Crippen LogP contribution in [-0.2, 0) is 6.54 Å². The van der Waals surface area contributed by atoms with Crippen LogP contribution in [0.2, 0.25) is 0 Å². The maximum atomic E-state index is 9.20. The van der Waals surface area contributed by atoms with Gasteiger partial charge < -0.3 is 15.0 Å². The Morgan fingerprint density at radius 1 is 0.947 bits per heavy atom. The molecule has 4 aromatic rings. The molecule has 1 N–H and O–H groups in total. The lowest BCUT2D eigenvalue weighted by Crippen LogP contribution is -2.43. The molecule has 0 atom stereocenters. The molecular weight excluding hydrogens is 472 g/mol. The normalized spacial score (nSPS) is 16.1. The van der Waals surface area contributed by atoms with Gasteiger partial charge in [-0.3, -0.25) is 9.30 Å². The van der Waals surface area contributed by atoms with Gasteiger partial charge in [0.05, 0.1) is 37.0 Å². The fourth-order valence-electron chi connectivity index (χ4n) is 5.12. The van der Waals surface area contributed by atoms with Gasteiger partial charge in [-0.2, -0.15) is 5.26 Å². The van der Waals surface area contributed by atoms with E-state index in [-0.39, 0.29) is 0 Å². The maximum Gasteiger partial charge on any atom is 0.145 e. The molecule has 0 radical (unpaired) electrons. The van der Waals surface area contributed by atoms with Crippen LogP contribution in [0.1, 0.15) is 24.0 Å². The summed E-state index contributed by atoms with van der Waals surface area (Å²) in [6.07, 6.45) is 6.44. The number of hydrogen-bond acceptors (Lipinski definition) is 6. The highest BCUT2D eigenvalue weighted by atomic mass is 16.5. The van der Waals surface area contributed by atoms with Crippen molar-refractivity contribution >= 4 is 5.52 Å². The summed E-state index contributed by atoms with van der Waals surface area (Å²) in [4.78, 5) is 9.28. The summed E-state index contributed by atoms with van der Waals surface area (Å²) in [7, 11) is 3.86. The number of rotatable bonds is 5. The van der Waals surface area contributed by atoms with E-state index in [4.69, 9.17) is 4.74 Å². The monoisotopic (exact) mass is 508 g/mol. The molecule has 4 heterocycles. The average molecular weight is 509 g/mol. The summed E-state index contributed by atoms with van der Waals surface area (Å²) in [6, 6.07) is 20.8. The second-order valence-electron chi connectivity index (χ2n) is 10.0. The number of nitriles is 1. The van der Waals surface area contributed by atoms with E-state index >= 15 is 0 Å². The zero-order chi connectivity index (χ0) is 26.3. The van der Waals surface area contributed by atoms with Gasteiger partial charge in [0.25, 0.3) is 0 Å². The largest absolute Gasteiger partial charge is 0.494 e. The van der Waals surface area contributed by atoms with Crippen LogP contribution in [0.25, 0.3) is 27.9 Å². The Labute approximate surface area is 225 Å². The van der Waals surface area contributed by atoms with Crippen molar-refractivity contribution in [1.29, 1.82) is 5.26 Å². The predicted octanol–water partition coefficient (Wildman–Crippen LogP) is 4.67. The molecule has 2 aromatic heterocycles. The minimum absolute atomic E-state index is 0.643. The lowest BCUT2D eigenvalue weighted by molar-refractivity contribution is 0.148. The quantitative estimate of drug-likeness (QED) is 0.423. The number of nitrogens with zero attached hydrogens (tertiary/aromatic N) is 5. The second kappa shape index (κ2) is 12.2. The van der Waals surface area contributed by atoms with E-state index < -0.39 is 0 Å². The van der Waals surface area contributed by atoms with E-state index in [1.165, 1.54) is 31.5 Å². The third-order valence-electron chi connectivity index (χ3n) is 7.39. The van der Waals surface area contributed by atoms with Gasteiger partial charge in [-0.05, 0) is 67.9 Å². The molecule has 2 saturated heterocycles. The van der Waals surface area contributed by atoms with Crippen LogP contribution in [0.5, 0.6) is 5.75 Å². The van der Waals surface area contributed by atoms with Gasteiger partial charge in [-0.25, -0.2) is 4.98 Å². The first-order valence-electron chi connectivity index (χ1n) is 13.4. The Kier molecular flexibility index (Phi) is 8.34. The Balaban J connectivity index is 0.000000529. The number of pyridine rings is 1. The summed E-state index contributed by atoms with van der Waals surface area (Å²) in [6.45, 7) is 7.93. The van der Waals surface area contributed by atoms with Crippen molar-refractivity contribution in [2.45, 2.75) is 19.4 Å². The van der Waals surface area contributed by atoms with Gasteiger partial charge in [0.15, 0.2) is 0 Å². The Morgan fingerprint density at radius 3 is 2.24 bits per heavy atom. The zero-order valence-electron chi connectivity index (χ0n) is 22.4. The average Bonchev–Trinajstić information content (AvgIpc) is 3.70. The fraction of sp³-hybridized carbons (Fsp3) is 0.355. The van der Waals surface area contributed by atoms with Gasteiger partial charge in [0.1, 0.15) is 11.3 Å². The first kappa shape index (κ1) is 25.9. The number of aromatic nitrogens is 2. The fourth-order valence-corrected chi connectivity index (χ4v) is 5.12. The molecule has 6 rings (SSSR count). The Bertz CT molecular complexity index is 1370. The number of piperazine rings is 1. The van der Waals surface area contributed by atoms with E-state index in [9.17, 15) is 5.26 Å². The van der Waals surface area contributed by atoms with Gasteiger partial charge >= 0.3 is 0 Å². The molecule has 2 aliphatic heterocycles. The molecule has 0 saturated carbocycles. The number of nitrogens with one attached hydrogen (secondary N) is 1. The number of imidazole rings is 1. The van der Waals surface area contributed by atoms with Gasteiger partial charge in [-0.1, -0.05) is 36.4 Å². The predicted molar refractivity (Wildman–Crippen MR) is 152 cm³/mol. The van der Waals surface area contributed by atoms with Crippen LogP contribution in [-0.4, -0.2) is 72.6 Å². The van der Waals surface area contributed by atoms with E-state index in [0.717, 1.165) is 66.4 Å². The maximum absolute atomic E-state index is 9.20. The van der Waals surface area contributed by atoms with E-state index in [1.807, 2.05) is 36.8 Å². The minimum Gasteiger partial charge on any atom is -0.494 e. The summed E-state index contributed by atoms with van der Waals surface area (Å²) < 4.78 is 7.76. The van der Waals surface area contributed by atoms with Gasteiger partial charge in [0.2, 0.25) is 0 Å². The summed E-state index contributed by atoms with van der Waals surface area (Å²) in [5, 5.41) is 12.4. The summed E-state index contributed by atoms with van der Waals surface area (Å²) in [5.74, 6) is 0.766. The standard InChI is InChI=1S/C27H27N5O.C4H9N/c1-30-11-13-31(14-12-30)18-21-5-9-23(10-6-21)27-24(22-7-3-20(16-28)4-8-22)15-26(33-2)25-17-29-19-32(25)27;1-2-4-5-3-1/h3-10,15,17,19H,11-14,18H2,1-2H3;5H,1-4H2. The lowest BCUT2D eigenvalue weighted by Gasteiger charge is -2.32. The molecule has 0 aliphatic carbocycles. The van der Waals surface area contributed by atoms with Crippen LogP contribution < -0.4 is 10.1 Å². The Morgan fingerprint density at radius 2 is 1.63 bits per heavy atom.